The normalized spacial score (nSPS) is 13.3. The molecule has 0 saturated carbocycles. The molecule has 0 aliphatic heterocycles. The molecule has 1 heterocycles. The van der Waals surface area contributed by atoms with Gasteiger partial charge in [-0.15, -0.1) is 11.3 Å². The highest BCUT2D eigenvalue weighted by molar-refractivity contribution is 7.18. The molecule has 0 saturated heterocycles. The number of aromatic nitrogens is 1. The van der Waals surface area contributed by atoms with Crippen LogP contribution in [0.2, 0.25) is 0 Å². The lowest BCUT2D eigenvalue weighted by molar-refractivity contribution is 0.170. The summed E-state index contributed by atoms with van der Waals surface area (Å²) in [4.78, 5) is 4.34. The number of hydrogen-bond donors (Lipinski definition) is 2. The molecule has 0 radical (unpaired) electrons. The van der Waals surface area contributed by atoms with Crippen LogP contribution in [0.3, 0.4) is 0 Å². The summed E-state index contributed by atoms with van der Waals surface area (Å²) in [6, 6.07) is 7.87. The fourth-order valence-electron chi connectivity index (χ4n) is 1.31. The van der Waals surface area contributed by atoms with Gasteiger partial charge in [0.05, 0.1) is 10.2 Å². The first-order valence-corrected chi connectivity index (χ1v) is 5.36. The summed E-state index contributed by atoms with van der Waals surface area (Å²) in [7, 11) is 0. The molecule has 14 heavy (non-hydrogen) atoms. The molecule has 1 aromatic carbocycles. The Morgan fingerprint density at radius 1 is 1.43 bits per heavy atom. The molecular weight excluding hydrogens is 196 g/mol. The van der Waals surface area contributed by atoms with Crippen molar-refractivity contribution in [3.63, 3.8) is 0 Å². The van der Waals surface area contributed by atoms with E-state index in [1.165, 1.54) is 11.3 Å². The van der Waals surface area contributed by atoms with Crippen molar-refractivity contribution in [2.45, 2.75) is 12.5 Å². The Hall–Kier alpha value is -0.970. The van der Waals surface area contributed by atoms with Gasteiger partial charge in [0.2, 0.25) is 0 Å². The van der Waals surface area contributed by atoms with Crippen molar-refractivity contribution in [3.8, 4) is 0 Å². The van der Waals surface area contributed by atoms with E-state index in [4.69, 9.17) is 5.73 Å². The topological polar surface area (TPSA) is 59.1 Å². The van der Waals surface area contributed by atoms with Crippen LogP contribution in [0.4, 0.5) is 0 Å². The largest absolute Gasteiger partial charge is 0.386 e. The highest BCUT2D eigenvalue weighted by atomic mass is 32.1. The molecule has 0 unspecified atom stereocenters. The third-order valence-corrected chi connectivity index (χ3v) is 3.17. The maximum Gasteiger partial charge on any atom is 0.123 e. The van der Waals surface area contributed by atoms with Gasteiger partial charge < -0.3 is 10.8 Å². The van der Waals surface area contributed by atoms with Crippen LogP contribution in [0.5, 0.6) is 0 Å². The molecule has 0 bridgehead atoms. The molecule has 0 fully saturated rings. The minimum atomic E-state index is -0.516. The molecule has 0 amide bonds. The predicted molar refractivity (Wildman–Crippen MR) is 58.3 cm³/mol. The van der Waals surface area contributed by atoms with E-state index < -0.39 is 6.10 Å². The highest BCUT2D eigenvalue weighted by Gasteiger charge is 2.11. The molecule has 2 aromatic rings. The SMILES string of the molecule is NCC[C@@H](O)c1nc2ccccc2s1. The lowest BCUT2D eigenvalue weighted by atomic mass is 10.3. The Kier molecular flexibility index (Phi) is 2.77. The van der Waals surface area contributed by atoms with Gasteiger partial charge in [-0.3, -0.25) is 0 Å². The number of nitrogens with two attached hydrogens (primary N) is 1. The third-order valence-electron chi connectivity index (χ3n) is 2.04. The van der Waals surface area contributed by atoms with Crippen molar-refractivity contribution >= 4 is 21.6 Å². The third kappa shape index (κ3) is 1.77. The van der Waals surface area contributed by atoms with E-state index in [2.05, 4.69) is 4.98 Å². The van der Waals surface area contributed by atoms with Crippen LogP contribution in [0.25, 0.3) is 10.2 Å². The fourth-order valence-corrected chi connectivity index (χ4v) is 2.30. The van der Waals surface area contributed by atoms with Crippen LogP contribution in [0, 0.1) is 0 Å². The number of aliphatic hydroxyl groups excluding tert-OH is 1. The molecule has 0 aliphatic carbocycles. The number of aliphatic hydroxyl groups is 1. The van der Waals surface area contributed by atoms with E-state index >= 15 is 0 Å². The lowest BCUT2D eigenvalue weighted by Crippen LogP contribution is -2.06. The second-order valence-electron chi connectivity index (χ2n) is 3.11. The maximum atomic E-state index is 9.69. The minimum absolute atomic E-state index is 0.483. The van der Waals surface area contributed by atoms with Gasteiger partial charge in [-0.2, -0.15) is 0 Å². The van der Waals surface area contributed by atoms with Crippen LogP contribution >= 0.6 is 11.3 Å². The van der Waals surface area contributed by atoms with Crippen molar-refractivity contribution in [2.75, 3.05) is 6.54 Å². The van der Waals surface area contributed by atoms with E-state index in [1.807, 2.05) is 24.3 Å². The second kappa shape index (κ2) is 4.04. The van der Waals surface area contributed by atoms with Crippen LogP contribution < -0.4 is 5.73 Å². The van der Waals surface area contributed by atoms with Crippen LogP contribution in [0.15, 0.2) is 24.3 Å². The average molecular weight is 208 g/mol. The van der Waals surface area contributed by atoms with E-state index in [9.17, 15) is 5.11 Å². The van der Waals surface area contributed by atoms with Gasteiger partial charge in [0, 0.05) is 0 Å². The van der Waals surface area contributed by atoms with E-state index in [-0.39, 0.29) is 0 Å². The molecule has 1 atom stereocenters. The Morgan fingerprint density at radius 3 is 2.93 bits per heavy atom. The molecule has 0 aliphatic rings. The molecule has 1 aromatic heterocycles. The summed E-state index contributed by atoms with van der Waals surface area (Å²) in [5, 5.41) is 10.5. The number of rotatable bonds is 3. The van der Waals surface area contributed by atoms with Gasteiger partial charge in [0.15, 0.2) is 0 Å². The lowest BCUT2D eigenvalue weighted by Gasteiger charge is -2.03. The molecular formula is C10H12N2OS. The first kappa shape index (κ1) is 9.58. The Balaban J connectivity index is 2.35. The maximum absolute atomic E-state index is 9.69. The highest BCUT2D eigenvalue weighted by Crippen LogP contribution is 2.27. The summed E-state index contributed by atoms with van der Waals surface area (Å²) in [5.74, 6) is 0. The molecule has 4 heteroatoms. The van der Waals surface area contributed by atoms with E-state index in [0.29, 0.717) is 13.0 Å². The van der Waals surface area contributed by atoms with Gasteiger partial charge >= 0.3 is 0 Å². The van der Waals surface area contributed by atoms with Crippen molar-refractivity contribution in [2.24, 2.45) is 5.73 Å². The van der Waals surface area contributed by atoms with Crippen LogP contribution in [0.1, 0.15) is 17.5 Å². The van der Waals surface area contributed by atoms with Gasteiger partial charge in [0.1, 0.15) is 11.1 Å². The predicted octanol–water partition coefficient (Wildman–Crippen LogP) is 1.68. The molecule has 2 rings (SSSR count). The van der Waals surface area contributed by atoms with Gasteiger partial charge in [-0.1, -0.05) is 12.1 Å². The average Bonchev–Trinajstić information content (AvgIpc) is 2.61. The second-order valence-corrected chi connectivity index (χ2v) is 4.18. The van der Waals surface area contributed by atoms with Crippen molar-refractivity contribution in [3.05, 3.63) is 29.3 Å². The van der Waals surface area contributed by atoms with Gasteiger partial charge in [-0.25, -0.2) is 4.98 Å². The Bertz CT molecular complexity index is 394. The summed E-state index contributed by atoms with van der Waals surface area (Å²) in [6.07, 6.45) is 0.0530. The van der Waals surface area contributed by atoms with Crippen LogP contribution in [-0.2, 0) is 0 Å². The fraction of sp³-hybridized carbons (Fsp3) is 0.300. The number of nitrogens with zero attached hydrogens (tertiary/aromatic N) is 1. The summed E-state index contributed by atoms with van der Waals surface area (Å²) >= 11 is 1.53. The number of benzene rings is 1. The number of thiazole rings is 1. The first-order valence-electron chi connectivity index (χ1n) is 4.55. The standard InChI is InChI=1S/C10H12N2OS/c11-6-5-8(13)10-12-7-3-1-2-4-9(7)14-10/h1-4,8,13H,5-6,11H2/t8-/m1/s1. The Labute approximate surface area is 86.2 Å². The van der Waals surface area contributed by atoms with Crippen molar-refractivity contribution in [1.82, 2.24) is 4.98 Å². The summed E-state index contributed by atoms with van der Waals surface area (Å²) in [6.45, 7) is 0.483. The zero-order valence-corrected chi connectivity index (χ0v) is 8.50. The number of hydrogen-bond acceptors (Lipinski definition) is 4. The van der Waals surface area contributed by atoms with Crippen molar-refractivity contribution < 1.29 is 5.11 Å². The zero-order chi connectivity index (χ0) is 9.97. The Morgan fingerprint density at radius 2 is 2.21 bits per heavy atom. The smallest absolute Gasteiger partial charge is 0.123 e. The quantitative estimate of drug-likeness (QED) is 0.806. The van der Waals surface area contributed by atoms with E-state index in [1.54, 1.807) is 0 Å². The van der Waals surface area contributed by atoms with E-state index in [0.717, 1.165) is 15.2 Å². The number of fused-ring (bicyclic) bond motifs is 1. The summed E-state index contributed by atoms with van der Waals surface area (Å²) in [5.41, 5.74) is 6.33. The molecule has 0 spiro atoms. The molecule has 3 nitrogen and oxygen atoms in total. The number of para-hydroxylation sites is 1. The summed E-state index contributed by atoms with van der Waals surface area (Å²) < 4.78 is 1.11. The van der Waals surface area contributed by atoms with Crippen LogP contribution in [-0.4, -0.2) is 16.6 Å². The van der Waals surface area contributed by atoms with Crippen molar-refractivity contribution in [1.29, 1.82) is 0 Å². The zero-order valence-electron chi connectivity index (χ0n) is 7.68. The minimum Gasteiger partial charge on any atom is -0.386 e. The van der Waals surface area contributed by atoms with Gasteiger partial charge in [-0.05, 0) is 25.1 Å². The monoisotopic (exact) mass is 208 g/mol. The molecule has 3 N–H and O–H groups in total. The molecule has 74 valence electrons. The van der Waals surface area contributed by atoms with Gasteiger partial charge in [0.25, 0.3) is 0 Å². The first-order chi connectivity index (χ1) is 6.81.